The summed E-state index contributed by atoms with van der Waals surface area (Å²) in [7, 11) is 0. The Labute approximate surface area is 95.0 Å². The normalized spacial score (nSPS) is 18.7. The molecule has 0 radical (unpaired) electrons. The van der Waals surface area contributed by atoms with E-state index in [2.05, 4.69) is 6.58 Å². The van der Waals surface area contributed by atoms with Crippen molar-refractivity contribution in [2.45, 2.75) is 25.4 Å². The molecule has 2 N–H and O–H groups in total. The molecule has 1 aliphatic heterocycles. The van der Waals surface area contributed by atoms with Crippen LogP contribution in [0.15, 0.2) is 30.4 Å². The smallest absolute Gasteiger partial charge is 0.123 e. The highest BCUT2D eigenvalue weighted by atomic mass is 16.5. The lowest BCUT2D eigenvalue weighted by atomic mass is 9.98. The van der Waals surface area contributed by atoms with Gasteiger partial charge in [0.05, 0.1) is 6.61 Å². The molecule has 0 saturated carbocycles. The van der Waals surface area contributed by atoms with Crippen LogP contribution in [0.3, 0.4) is 0 Å². The van der Waals surface area contributed by atoms with Crippen LogP contribution in [-0.2, 0) is 6.42 Å². The lowest BCUT2D eigenvalue weighted by molar-refractivity contribution is 0.168. The number of hydrogen-bond acceptors (Lipinski definition) is 3. The van der Waals surface area contributed by atoms with Crippen molar-refractivity contribution >= 4 is 0 Å². The number of rotatable bonds is 3. The van der Waals surface area contributed by atoms with E-state index in [1.807, 2.05) is 0 Å². The Hall–Kier alpha value is -1.48. The number of phenolic OH excluding ortho intramolecular Hbond substituents is 1. The lowest BCUT2D eigenvalue weighted by Gasteiger charge is -2.26. The van der Waals surface area contributed by atoms with Gasteiger partial charge in [-0.15, -0.1) is 0 Å². The van der Waals surface area contributed by atoms with Crippen molar-refractivity contribution in [3.63, 3.8) is 0 Å². The molecule has 1 aromatic carbocycles. The molecule has 3 heteroatoms. The van der Waals surface area contributed by atoms with Crippen LogP contribution in [-0.4, -0.2) is 22.9 Å². The molecule has 0 spiro atoms. The summed E-state index contributed by atoms with van der Waals surface area (Å²) in [5.41, 5.74) is 1.85. The first-order valence-corrected chi connectivity index (χ1v) is 5.45. The van der Waals surface area contributed by atoms with Gasteiger partial charge in [0.2, 0.25) is 0 Å². The number of aryl methyl sites for hydroxylation is 1. The first kappa shape index (κ1) is 11.0. The van der Waals surface area contributed by atoms with Crippen LogP contribution in [0.1, 0.15) is 18.4 Å². The Morgan fingerprint density at radius 2 is 2.31 bits per heavy atom. The molecular formula is C13H16O3. The van der Waals surface area contributed by atoms with Crippen molar-refractivity contribution in [3.05, 3.63) is 35.9 Å². The minimum atomic E-state index is 0.0162. The molecule has 1 aliphatic rings. The quantitative estimate of drug-likeness (QED) is 0.766. The number of aromatic hydroxyl groups is 1. The van der Waals surface area contributed by atoms with E-state index in [1.54, 1.807) is 18.2 Å². The van der Waals surface area contributed by atoms with Crippen LogP contribution in [0.25, 0.3) is 0 Å². The van der Waals surface area contributed by atoms with E-state index in [0.717, 1.165) is 29.7 Å². The van der Waals surface area contributed by atoms with Crippen molar-refractivity contribution in [1.29, 1.82) is 0 Å². The maximum absolute atomic E-state index is 9.33. The van der Waals surface area contributed by atoms with Crippen molar-refractivity contribution in [2.75, 3.05) is 6.61 Å². The molecule has 0 aromatic heterocycles. The molecule has 3 nitrogen and oxygen atoms in total. The number of hydrogen-bond donors (Lipinski definition) is 2. The predicted molar refractivity (Wildman–Crippen MR) is 61.7 cm³/mol. The summed E-state index contributed by atoms with van der Waals surface area (Å²) < 4.78 is 5.78. The van der Waals surface area contributed by atoms with Crippen molar-refractivity contribution in [1.82, 2.24) is 0 Å². The third kappa shape index (κ3) is 2.36. The molecule has 86 valence electrons. The third-order valence-corrected chi connectivity index (χ3v) is 2.81. The molecule has 2 rings (SSSR count). The number of phenols is 1. The van der Waals surface area contributed by atoms with E-state index in [-0.39, 0.29) is 18.5 Å². The molecular weight excluding hydrogens is 204 g/mol. The Kier molecular flexibility index (Phi) is 3.15. The molecule has 1 aromatic rings. The topological polar surface area (TPSA) is 49.7 Å². The molecule has 0 amide bonds. The van der Waals surface area contributed by atoms with E-state index >= 15 is 0 Å². The summed E-state index contributed by atoms with van der Waals surface area (Å²) in [6.07, 6.45) is 2.58. The van der Waals surface area contributed by atoms with E-state index in [4.69, 9.17) is 9.84 Å². The van der Waals surface area contributed by atoms with Gasteiger partial charge < -0.3 is 14.9 Å². The Morgan fingerprint density at radius 1 is 1.50 bits per heavy atom. The minimum absolute atomic E-state index is 0.0162. The average Bonchev–Trinajstić information content (AvgIpc) is 2.29. The second kappa shape index (κ2) is 4.58. The van der Waals surface area contributed by atoms with Gasteiger partial charge in [0.1, 0.15) is 17.6 Å². The van der Waals surface area contributed by atoms with E-state index < -0.39 is 0 Å². The molecule has 16 heavy (non-hydrogen) atoms. The zero-order valence-electron chi connectivity index (χ0n) is 9.15. The van der Waals surface area contributed by atoms with Crippen LogP contribution in [0.4, 0.5) is 0 Å². The summed E-state index contributed by atoms with van der Waals surface area (Å²) in [6, 6.07) is 5.16. The fourth-order valence-corrected chi connectivity index (χ4v) is 1.96. The second-order valence-corrected chi connectivity index (χ2v) is 4.18. The third-order valence-electron chi connectivity index (χ3n) is 2.81. The van der Waals surface area contributed by atoms with Gasteiger partial charge in [-0.05, 0) is 42.2 Å². The first-order chi connectivity index (χ1) is 7.69. The zero-order valence-corrected chi connectivity index (χ0v) is 9.15. The molecule has 0 fully saturated rings. The molecule has 1 atom stereocenters. The number of aliphatic hydroxyl groups excluding tert-OH is 1. The molecule has 1 heterocycles. The standard InChI is InChI=1S/C13H16O3/c1-9(8-14)6-12-4-2-10-7-11(15)3-5-13(10)16-12/h3,5,7,12,14-15H,1-2,4,6,8H2/t12-/m0/s1. The second-order valence-electron chi connectivity index (χ2n) is 4.18. The van der Waals surface area contributed by atoms with Gasteiger partial charge in [0, 0.05) is 6.42 Å². The maximum Gasteiger partial charge on any atom is 0.123 e. The summed E-state index contributed by atoms with van der Waals surface area (Å²) >= 11 is 0. The number of aliphatic hydroxyl groups is 1. The number of ether oxygens (including phenoxy) is 1. The Morgan fingerprint density at radius 3 is 3.06 bits per heavy atom. The van der Waals surface area contributed by atoms with Gasteiger partial charge in [-0.1, -0.05) is 6.58 Å². The largest absolute Gasteiger partial charge is 0.508 e. The highest BCUT2D eigenvalue weighted by Gasteiger charge is 2.20. The Balaban J connectivity index is 2.06. The van der Waals surface area contributed by atoms with Crippen molar-refractivity contribution in [3.8, 4) is 11.5 Å². The zero-order chi connectivity index (χ0) is 11.5. The van der Waals surface area contributed by atoms with Crippen LogP contribution in [0.5, 0.6) is 11.5 Å². The van der Waals surface area contributed by atoms with E-state index in [1.165, 1.54) is 0 Å². The Bertz CT molecular complexity index is 398. The summed E-state index contributed by atoms with van der Waals surface area (Å²) in [4.78, 5) is 0. The van der Waals surface area contributed by atoms with Crippen molar-refractivity contribution < 1.29 is 14.9 Å². The van der Waals surface area contributed by atoms with Crippen LogP contribution in [0.2, 0.25) is 0 Å². The summed E-state index contributed by atoms with van der Waals surface area (Å²) in [5.74, 6) is 1.11. The molecule has 0 aliphatic carbocycles. The predicted octanol–water partition coefficient (Wildman–Crippen LogP) is 2.02. The highest BCUT2D eigenvalue weighted by molar-refractivity contribution is 5.41. The summed E-state index contributed by atoms with van der Waals surface area (Å²) in [6.45, 7) is 3.78. The molecule has 0 saturated heterocycles. The van der Waals surface area contributed by atoms with Gasteiger partial charge in [0.25, 0.3) is 0 Å². The minimum Gasteiger partial charge on any atom is -0.508 e. The average molecular weight is 220 g/mol. The summed E-state index contributed by atoms with van der Waals surface area (Å²) in [5, 5.41) is 18.2. The fourth-order valence-electron chi connectivity index (χ4n) is 1.96. The molecule has 0 unspecified atom stereocenters. The van der Waals surface area contributed by atoms with Gasteiger partial charge in [0.15, 0.2) is 0 Å². The molecule has 0 bridgehead atoms. The van der Waals surface area contributed by atoms with Gasteiger partial charge in [-0.2, -0.15) is 0 Å². The number of benzene rings is 1. The van der Waals surface area contributed by atoms with Crippen LogP contribution in [0, 0.1) is 0 Å². The van der Waals surface area contributed by atoms with Gasteiger partial charge in [-0.3, -0.25) is 0 Å². The maximum atomic E-state index is 9.33. The van der Waals surface area contributed by atoms with Crippen molar-refractivity contribution in [2.24, 2.45) is 0 Å². The first-order valence-electron chi connectivity index (χ1n) is 5.45. The van der Waals surface area contributed by atoms with Crippen LogP contribution < -0.4 is 4.74 Å². The van der Waals surface area contributed by atoms with E-state index in [0.29, 0.717) is 6.42 Å². The van der Waals surface area contributed by atoms with E-state index in [9.17, 15) is 5.11 Å². The fraction of sp³-hybridized carbons (Fsp3) is 0.385. The SMILES string of the molecule is C=C(CO)C[C@@H]1CCc2cc(O)ccc2O1. The number of fused-ring (bicyclic) bond motifs is 1. The van der Waals surface area contributed by atoms with Gasteiger partial charge in [-0.25, -0.2) is 0 Å². The van der Waals surface area contributed by atoms with Crippen LogP contribution >= 0.6 is 0 Å². The monoisotopic (exact) mass is 220 g/mol. The van der Waals surface area contributed by atoms with Gasteiger partial charge >= 0.3 is 0 Å². The lowest BCUT2D eigenvalue weighted by Crippen LogP contribution is -2.23. The highest BCUT2D eigenvalue weighted by Crippen LogP contribution is 2.31.